The number of nitrogens with two attached hydrogens (primary N) is 1. The minimum Gasteiger partial charge on any atom is -0.397 e. The van der Waals surface area contributed by atoms with Crippen molar-refractivity contribution in [2.75, 3.05) is 23.4 Å². The van der Waals surface area contributed by atoms with E-state index in [-0.39, 0.29) is 33.0 Å². The van der Waals surface area contributed by atoms with Gasteiger partial charge in [0.25, 0.3) is 10.1 Å². The lowest BCUT2D eigenvalue weighted by atomic mass is 9.82. The lowest BCUT2D eigenvalue weighted by Crippen LogP contribution is -2.25. The summed E-state index contributed by atoms with van der Waals surface area (Å²) in [7, 11) is -13.9. The molecule has 0 spiro atoms. The van der Waals surface area contributed by atoms with Gasteiger partial charge < -0.3 is 20.8 Å². The molecule has 13 nitrogen and oxygen atoms in total. The summed E-state index contributed by atoms with van der Waals surface area (Å²) >= 11 is 0. The molecule has 0 heterocycles. The largest absolute Gasteiger partial charge is 0.469 e. The number of sulfone groups is 1. The second-order valence-electron chi connectivity index (χ2n) is 8.06. The lowest BCUT2D eigenvalue weighted by molar-refractivity contribution is 0.0980. The van der Waals surface area contributed by atoms with Crippen LogP contribution in [0.15, 0.2) is 64.4 Å². The average Bonchev–Trinajstić information content (AvgIpc) is 2.82. The quantitative estimate of drug-likeness (QED) is 0.114. The van der Waals surface area contributed by atoms with Gasteiger partial charge in [-0.2, -0.15) is 8.42 Å². The number of rotatable bonds is 8. The van der Waals surface area contributed by atoms with Gasteiger partial charge >= 0.3 is 7.82 Å². The van der Waals surface area contributed by atoms with E-state index in [9.17, 15) is 35.5 Å². The van der Waals surface area contributed by atoms with E-state index in [2.05, 4.69) is 9.84 Å². The number of ketones is 2. The Labute approximate surface area is 216 Å². The fourth-order valence-electron chi connectivity index (χ4n) is 3.91. The molecule has 200 valence electrons. The van der Waals surface area contributed by atoms with Crippen LogP contribution in [0.4, 0.5) is 17.1 Å². The van der Waals surface area contributed by atoms with Crippen LogP contribution in [0.1, 0.15) is 31.8 Å². The number of hydrogen-bond donors (Lipinski definition) is 5. The number of phosphoric ester groups is 1. The van der Waals surface area contributed by atoms with Crippen LogP contribution in [-0.2, 0) is 29.0 Å². The molecule has 38 heavy (non-hydrogen) atoms. The van der Waals surface area contributed by atoms with Gasteiger partial charge in [-0.05, 0) is 24.3 Å². The SMILES string of the molecule is Nc1c(S(=O)(=O)O)cc(Nc2cccc(S(=O)(=O)CCOP(=O)(O)O)c2)c2c1C(=O)c1ccccc1C2=O. The second kappa shape index (κ2) is 9.71. The zero-order chi connectivity index (χ0) is 28.0. The van der Waals surface area contributed by atoms with Crippen molar-refractivity contribution in [1.29, 1.82) is 0 Å². The fourth-order valence-corrected chi connectivity index (χ4v) is 6.14. The molecule has 0 saturated carbocycles. The van der Waals surface area contributed by atoms with Gasteiger partial charge in [-0.1, -0.05) is 30.3 Å². The van der Waals surface area contributed by atoms with Gasteiger partial charge in [0, 0.05) is 16.8 Å². The summed E-state index contributed by atoms with van der Waals surface area (Å²) in [5.41, 5.74) is 4.41. The molecule has 0 unspecified atom stereocenters. The highest BCUT2D eigenvalue weighted by atomic mass is 32.2. The van der Waals surface area contributed by atoms with Crippen LogP contribution in [0, 0.1) is 0 Å². The van der Waals surface area contributed by atoms with Gasteiger partial charge in [0.2, 0.25) is 0 Å². The number of nitrogen functional groups attached to an aromatic ring is 1. The third-order valence-electron chi connectivity index (χ3n) is 5.56. The highest BCUT2D eigenvalue weighted by Gasteiger charge is 2.36. The Kier molecular flexibility index (Phi) is 7.05. The van der Waals surface area contributed by atoms with Crippen LogP contribution >= 0.6 is 7.82 Å². The second-order valence-corrected chi connectivity index (χ2v) is 12.8. The predicted molar refractivity (Wildman–Crippen MR) is 134 cm³/mol. The molecule has 16 heteroatoms. The molecule has 0 atom stereocenters. The smallest absolute Gasteiger partial charge is 0.397 e. The molecule has 0 aliphatic heterocycles. The van der Waals surface area contributed by atoms with E-state index in [1.807, 2.05) is 0 Å². The van der Waals surface area contributed by atoms with Gasteiger partial charge in [0.15, 0.2) is 21.4 Å². The first-order valence-electron chi connectivity index (χ1n) is 10.5. The van der Waals surface area contributed by atoms with Crippen LogP contribution in [0.2, 0.25) is 0 Å². The molecule has 1 aliphatic carbocycles. The normalized spacial score (nSPS) is 13.7. The maximum absolute atomic E-state index is 13.4. The van der Waals surface area contributed by atoms with Gasteiger partial charge in [-0.25, -0.2) is 13.0 Å². The topological polar surface area (TPSA) is 227 Å². The first kappa shape index (κ1) is 27.6. The Morgan fingerprint density at radius 2 is 1.50 bits per heavy atom. The number of carbonyl (C=O) groups excluding carboxylic acids is 2. The summed E-state index contributed by atoms with van der Waals surface area (Å²) in [6.07, 6.45) is 0. The van der Waals surface area contributed by atoms with Crippen molar-refractivity contribution in [3.05, 3.63) is 76.9 Å². The Hall–Kier alpha value is -3.43. The van der Waals surface area contributed by atoms with Crippen LogP contribution in [0.25, 0.3) is 0 Å². The molecule has 0 fully saturated rings. The summed E-state index contributed by atoms with van der Waals surface area (Å²) in [6.45, 7) is -0.788. The Balaban J connectivity index is 1.81. The molecule has 0 bridgehead atoms. The summed E-state index contributed by atoms with van der Waals surface area (Å²) < 4.78 is 74.1. The Bertz CT molecular complexity index is 1760. The number of anilines is 3. The van der Waals surface area contributed by atoms with Crippen molar-refractivity contribution in [1.82, 2.24) is 0 Å². The van der Waals surface area contributed by atoms with Crippen molar-refractivity contribution in [2.24, 2.45) is 0 Å². The molecule has 6 N–H and O–H groups in total. The van der Waals surface area contributed by atoms with Gasteiger partial charge in [-0.15, -0.1) is 0 Å². The van der Waals surface area contributed by atoms with E-state index >= 15 is 0 Å². The minimum atomic E-state index is -4.96. The van der Waals surface area contributed by atoms with Crippen molar-refractivity contribution < 1.29 is 49.9 Å². The summed E-state index contributed by atoms with van der Waals surface area (Å²) in [4.78, 5) is 43.0. The molecular formula is C22H19N2O11PS2. The van der Waals surface area contributed by atoms with E-state index in [1.165, 1.54) is 42.5 Å². The standard InChI is InChI=1S/C22H19N2O11PS2/c23-20-17(38(32,33)34)11-16(18-19(20)22(26)15-7-2-1-6-14(15)21(18)25)24-12-4-3-5-13(10-12)37(30,31)9-8-35-36(27,28)29/h1-7,10-11,24H,8-9,23H2,(H2,27,28,29)(H,32,33,34). The number of fused-ring (bicyclic) bond motifs is 2. The number of hydrogen-bond acceptors (Lipinski definition) is 10. The zero-order valence-corrected chi connectivity index (χ0v) is 21.6. The zero-order valence-electron chi connectivity index (χ0n) is 19.1. The number of carbonyl (C=O) groups is 2. The van der Waals surface area contributed by atoms with E-state index in [0.717, 1.165) is 12.1 Å². The van der Waals surface area contributed by atoms with E-state index in [1.54, 1.807) is 0 Å². The van der Waals surface area contributed by atoms with E-state index in [0.29, 0.717) is 0 Å². The summed E-state index contributed by atoms with van der Waals surface area (Å²) in [5, 5.41) is 2.72. The Morgan fingerprint density at radius 1 is 0.895 bits per heavy atom. The van der Waals surface area contributed by atoms with E-state index < -0.39 is 67.9 Å². The lowest BCUT2D eigenvalue weighted by Gasteiger charge is -2.23. The first-order chi connectivity index (χ1) is 17.6. The average molecular weight is 583 g/mol. The Morgan fingerprint density at radius 3 is 2.08 bits per heavy atom. The molecule has 0 saturated heterocycles. The third-order valence-corrected chi connectivity index (χ3v) is 8.65. The summed E-state index contributed by atoms with van der Waals surface area (Å²) in [5.74, 6) is -2.18. The molecule has 1 aliphatic rings. The third kappa shape index (κ3) is 5.39. The molecule has 4 rings (SSSR count). The molecule has 0 aromatic heterocycles. The highest BCUT2D eigenvalue weighted by Crippen LogP contribution is 2.40. The molecule has 0 amide bonds. The molecule has 3 aromatic carbocycles. The molecule has 3 aromatic rings. The molecular weight excluding hydrogens is 563 g/mol. The van der Waals surface area contributed by atoms with Crippen molar-refractivity contribution in [3.63, 3.8) is 0 Å². The van der Waals surface area contributed by atoms with Gasteiger partial charge in [-0.3, -0.25) is 18.7 Å². The van der Waals surface area contributed by atoms with Crippen molar-refractivity contribution in [3.8, 4) is 0 Å². The van der Waals surface area contributed by atoms with E-state index in [4.69, 9.17) is 15.5 Å². The van der Waals surface area contributed by atoms with Crippen LogP contribution in [0.3, 0.4) is 0 Å². The first-order valence-corrected chi connectivity index (χ1v) is 15.1. The van der Waals surface area contributed by atoms with Gasteiger partial charge in [0.1, 0.15) is 4.90 Å². The van der Waals surface area contributed by atoms with Crippen molar-refractivity contribution >= 4 is 56.4 Å². The predicted octanol–water partition coefficient (Wildman–Crippen LogP) is 1.92. The van der Waals surface area contributed by atoms with Gasteiger partial charge in [0.05, 0.1) is 39.8 Å². The fraction of sp³-hybridized carbons (Fsp3) is 0.0909. The number of nitrogens with one attached hydrogen (secondary N) is 1. The summed E-state index contributed by atoms with van der Waals surface area (Å²) in [6, 6.07) is 11.7. The van der Waals surface area contributed by atoms with Crippen LogP contribution in [0.5, 0.6) is 0 Å². The number of benzene rings is 3. The maximum Gasteiger partial charge on any atom is 0.469 e. The van der Waals surface area contributed by atoms with Crippen LogP contribution in [-0.4, -0.2) is 55.1 Å². The monoisotopic (exact) mass is 582 g/mol. The number of phosphoric acid groups is 1. The highest BCUT2D eigenvalue weighted by molar-refractivity contribution is 7.91. The maximum atomic E-state index is 13.4. The van der Waals surface area contributed by atoms with Crippen LogP contribution < -0.4 is 11.1 Å². The minimum absolute atomic E-state index is 0.0132. The van der Waals surface area contributed by atoms with Crippen molar-refractivity contribution in [2.45, 2.75) is 9.79 Å². The molecule has 0 radical (unpaired) electrons.